The molecule has 42 heavy (non-hydrogen) atoms. The quantitative estimate of drug-likeness (QED) is 0.408. The second-order valence-corrected chi connectivity index (χ2v) is 11.6. The van der Waals surface area contributed by atoms with Gasteiger partial charge < -0.3 is 19.6 Å². The highest BCUT2D eigenvalue weighted by molar-refractivity contribution is 6.33. The van der Waals surface area contributed by atoms with E-state index >= 15 is 4.39 Å². The van der Waals surface area contributed by atoms with Gasteiger partial charge in [-0.25, -0.2) is 9.37 Å². The topological polar surface area (TPSA) is 73.6 Å². The summed E-state index contributed by atoms with van der Waals surface area (Å²) in [5.41, 5.74) is 1.18. The molecule has 2 saturated heterocycles. The van der Waals surface area contributed by atoms with Crippen molar-refractivity contribution in [2.24, 2.45) is 7.05 Å². The third kappa shape index (κ3) is 5.29. The van der Waals surface area contributed by atoms with E-state index in [4.69, 9.17) is 21.6 Å². The number of nitrogens with zero attached hydrogens (tertiary/aromatic N) is 8. The lowest BCUT2D eigenvalue weighted by Gasteiger charge is -2.43. The number of benzene rings is 1. The summed E-state index contributed by atoms with van der Waals surface area (Å²) in [6, 6.07) is 2.07. The predicted octanol–water partition coefficient (Wildman–Crippen LogP) is 2.70. The standard InChI is InChI=1S/C31H38ClFN8O/c1-8-10-11-21-15-34-38(7)29(21)20(4)26-24(32)14-23-28(27(26)33)35-31(40-17-22(18-40)37(5)6)36-30(23)39-12-13-41(19(3)16-39)25(42)9-2/h8-11,14-15,19,22H,2,12-13,16-18H2,1,3-7H3/b10-8+,21-11-,29-20-/t19-/m1/s1. The van der Waals surface area contributed by atoms with Crippen LogP contribution >= 0.6 is 11.6 Å². The largest absolute Gasteiger partial charge is 0.352 e. The van der Waals surface area contributed by atoms with Gasteiger partial charge in [-0.3, -0.25) is 9.48 Å². The number of aryl methyl sites for hydroxylation is 1. The van der Waals surface area contributed by atoms with Crippen LogP contribution in [0.5, 0.6) is 0 Å². The molecule has 0 unspecified atom stereocenters. The van der Waals surface area contributed by atoms with E-state index in [2.05, 4.69) is 26.4 Å². The molecule has 0 radical (unpaired) electrons. The van der Waals surface area contributed by atoms with E-state index in [1.807, 2.05) is 60.1 Å². The third-order valence-electron chi connectivity index (χ3n) is 8.28. The molecule has 0 bridgehead atoms. The molecule has 2 aromatic heterocycles. The minimum atomic E-state index is -0.490. The van der Waals surface area contributed by atoms with Crippen molar-refractivity contribution in [2.75, 3.05) is 56.6 Å². The molecular formula is C31H38ClFN8O. The average molecular weight is 593 g/mol. The SMILES string of the molecule is C=CC(=O)N1CCN(c2nc(N3CC(N(C)C)C3)nc3c(F)c(/C(C)=c4/c(=C\C=C\C)cnn4C)c(Cl)cc23)C[C@H]1C. The number of hydrogen-bond acceptors (Lipinski definition) is 7. The number of rotatable bonds is 6. The summed E-state index contributed by atoms with van der Waals surface area (Å²) in [6.45, 7) is 12.5. The van der Waals surface area contributed by atoms with Gasteiger partial charge >= 0.3 is 0 Å². The molecule has 9 nitrogen and oxygen atoms in total. The van der Waals surface area contributed by atoms with Crippen LogP contribution in [0.15, 0.2) is 37.1 Å². The molecule has 1 amide bonds. The molecule has 2 fully saturated rings. The van der Waals surface area contributed by atoms with Crippen LogP contribution < -0.4 is 20.4 Å². The number of piperazine rings is 1. The van der Waals surface area contributed by atoms with Crippen molar-refractivity contribution in [2.45, 2.75) is 32.9 Å². The lowest BCUT2D eigenvalue weighted by molar-refractivity contribution is -0.128. The first-order valence-electron chi connectivity index (χ1n) is 14.2. The van der Waals surface area contributed by atoms with Crippen LogP contribution in [0.4, 0.5) is 16.2 Å². The van der Waals surface area contributed by atoms with Gasteiger partial charge in [-0.2, -0.15) is 10.1 Å². The molecule has 1 aromatic carbocycles. The molecule has 0 aliphatic carbocycles. The fraction of sp³-hybridized carbons (Fsp3) is 0.419. The van der Waals surface area contributed by atoms with E-state index in [-0.39, 0.29) is 22.5 Å². The molecule has 0 N–H and O–H groups in total. The van der Waals surface area contributed by atoms with Crippen molar-refractivity contribution < 1.29 is 9.18 Å². The number of halogens is 2. The Morgan fingerprint density at radius 2 is 1.93 bits per heavy atom. The monoisotopic (exact) mass is 592 g/mol. The van der Waals surface area contributed by atoms with Gasteiger partial charge in [-0.05, 0) is 52.6 Å². The second-order valence-electron chi connectivity index (χ2n) is 11.2. The summed E-state index contributed by atoms with van der Waals surface area (Å²) >= 11 is 6.88. The molecular weight excluding hydrogens is 555 g/mol. The highest BCUT2D eigenvalue weighted by Gasteiger charge is 2.34. The number of anilines is 2. The molecule has 3 aromatic rings. The molecule has 4 heterocycles. The number of hydrogen-bond donors (Lipinski definition) is 0. The number of amides is 1. The van der Waals surface area contributed by atoms with Gasteiger partial charge in [0.1, 0.15) is 11.3 Å². The van der Waals surface area contributed by atoms with Crippen molar-refractivity contribution >= 4 is 51.8 Å². The summed E-state index contributed by atoms with van der Waals surface area (Å²) in [5.74, 6) is 0.515. The maximum atomic E-state index is 16.7. The van der Waals surface area contributed by atoms with Crippen LogP contribution in [0.2, 0.25) is 5.02 Å². The molecule has 0 spiro atoms. The fourth-order valence-corrected chi connectivity index (χ4v) is 6.12. The summed E-state index contributed by atoms with van der Waals surface area (Å²) < 4.78 is 18.5. The van der Waals surface area contributed by atoms with E-state index in [0.717, 1.165) is 23.7 Å². The van der Waals surface area contributed by atoms with Gasteiger partial charge in [0.05, 0.1) is 16.6 Å². The minimum Gasteiger partial charge on any atom is -0.352 e. The van der Waals surface area contributed by atoms with Gasteiger partial charge in [-0.1, -0.05) is 36.4 Å². The average Bonchev–Trinajstić information content (AvgIpc) is 3.30. The van der Waals surface area contributed by atoms with E-state index in [0.29, 0.717) is 54.0 Å². The molecule has 1 atom stereocenters. The highest BCUT2D eigenvalue weighted by Crippen LogP contribution is 2.37. The Balaban J connectivity index is 1.69. The van der Waals surface area contributed by atoms with Crippen molar-refractivity contribution in [3.05, 3.63) is 64.0 Å². The van der Waals surface area contributed by atoms with Crippen LogP contribution in [0.3, 0.4) is 0 Å². The van der Waals surface area contributed by atoms with Gasteiger partial charge in [0, 0.05) is 68.0 Å². The Labute approximate surface area is 250 Å². The molecule has 222 valence electrons. The van der Waals surface area contributed by atoms with Crippen molar-refractivity contribution in [1.29, 1.82) is 0 Å². The number of carbonyl (C=O) groups excluding carboxylic acids is 1. The Bertz CT molecular complexity index is 1690. The molecule has 2 aliphatic heterocycles. The summed E-state index contributed by atoms with van der Waals surface area (Å²) in [7, 11) is 5.93. The van der Waals surface area contributed by atoms with Crippen LogP contribution in [-0.4, -0.2) is 94.4 Å². The maximum absolute atomic E-state index is 16.7. The zero-order valence-electron chi connectivity index (χ0n) is 25.1. The summed E-state index contributed by atoms with van der Waals surface area (Å²) in [5, 5.41) is 6.87. The van der Waals surface area contributed by atoms with Crippen molar-refractivity contribution in [1.82, 2.24) is 29.5 Å². The third-order valence-corrected chi connectivity index (χ3v) is 8.57. The van der Waals surface area contributed by atoms with Gasteiger partial charge in [-0.15, -0.1) is 0 Å². The van der Waals surface area contributed by atoms with Crippen molar-refractivity contribution in [3.63, 3.8) is 0 Å². The van der Waals surface area contributed by atoms with Gasteiger partial charge in [0.25, 0.3) is 0 Å². The maximum Gasteiger partial charge on any atom is 0.246 e. The summed E-state index contributed by atoms with van der Waals surface area (Å²) in [6.07, 6.45) is 8.90. The lowest BCUT2D eigenvalue weighted by atomic mass is 10.0. The number of carbonyl (C=O) groups is 1. The van der Waals surface area contributed by atoms with Crippen molar-refractivity contribution in [3.8, 4) is 0 Å². The van der Waals surface area contributed by atoms with Gasteiger partial charge in [0.2, 0.25) is 11.9 Å². The van der Waals surface area contributed by atoms with Crippen LogP contribution in [0.1, 0.15) is 26.3 Å². The molecule has 0 saturated carbocycles. The zero-order chi connectivity index (χ0) is 30.3. The Morgan fingerprint density at radius 1 is 1.19 bits per heavy atom. The van der Waals surface area contributed by atoms with E-state index < -0.39 is 5.82 Å². The first-order valence-corrected chi connectivity index (χ1v) is 14.5. The Hall–Kier alpha value is -3.76. The van der Waals surface area contributed by atoms with Crippen LogP contribution in [-0.2, 0) is 11.8 Å². The van der Waals surface area contributed by atoms with Crippen LogP contribution in [0.25, 0.3) is 22.6 Å². The normalized spacial score (nSPS) is 19.3. The molecule has 11 heteroatoms. The fourth-order valence-electron chi connectivity index (χ4n) is 5.79. The first-order chi connectivity index (χ1) is 20.0. The number of aromatic nitrogens is 4. The van der Waals surface area contributed by atoms with Crippen LogP contribution in [0, 0.1) is 5.82 Å². The smallest absolute Gasteiger partial charge is 0.246 e. The minimum absolute atomic E-state index is 0.0771. The number of fused-ring (bicyclic) bond motifs is 1. The molecule has 5 rings (SSSR count). The lowest BCUT2D eigenvalue weighted by Crippen LogP contribution is -2.58. The Morgan fingerprint density at radius 3 is 2.57 bits per heavy atom. The Kier molecular flexibility index (Phi) is 8.39. The second kappa shape index (κ2) is 11.9. The first kappa shape index (κ1) is 29.7. The molecule has 2 aliphatic rings. The van der Waals surface area contributed by atoms with E-state index in [9.17, 15) is 4.79 Å². The predicted molar refractivity (Wildman–Crippen MR) is 168 cm³/mol. The van der Waals surface area contributed by atoms with Gasteiger partial charge in [0.15, 0.2) is 5.82 Å². The number of likely N-dealkylation sites (N-methyl/N-ethyl adjacent to an activating group) is 1. The van der Waals surface area contributed by atoms with E-state index in [1.165, 1.54) is 6.08 Å². The zero-order valence-corrected chi connectivity index (χ0v) is 25.9. The van der Waals surface area contributed by atoms with E-state index in [1.54, 1.807) is 21.8 Å². The number of allylic oxidation sites excluding steroid dienone is 2. The summed E-state index contributed by atoms with van der Waals surface area (Å²) in [4.78, 5) is 30.3. The highest BCUT2D eigenvalue weighted by atomic mass is 35.5.